The number of nitrogens with zero attached hydrogens (tertiary/aromatic N) is 3. The van der Waals surface area contributed by atoms with Crippen molar-refractivity contribution in [3.05, 3.63) is 31.8 Å². The molecule has 3 heterocycles. The summed E-state index contributed by atoms with van der Waals surface area (Å²) < 4.78 is 7.17. The molecule has 1 saturated heterocycles. The number of rotatable bonds is 4. The van der Waals surface area contributed by atoms with Crippen LogP contribution in [0.25, 0.3) is 10.2 Å². The fourth-order valence-electron chi connectivity index (χ4n) is 3.15. The Kier molecular flexibility index (Phi) is 5.36. The smallest absolute Gasteiger partial charge is 0.331 e. The van der Waals surface area contributed by atoms with Gasteiger partial charge < -0.3 is 15.0 Å². The third-order valence-corrected chi connectivity index (χ3v) is 5.79. The molecule has 11 heteroatoms. The molecule has 1 aliphatic heterocycles. The summed E-state index contributed by atoms with van der Waals surface area (Å²) in [7, 11) is 2.89. The average Bonchev–Trinajstić information content (AvgIpc) is 3.11. The number of hydrogen-bond donors (Lipinski definition) is 1. The summed E-state index contributed by atoms with van der Waals surface area (Å²) in [6.07, 6.45) is -0.253. The molecule has 0 bridgehead atoms. The zero-order valence-electron chi connectivity index (χ0n) is 15.7. The van der Waals surface area contributed by atoms with Crippen LogP contribution in [-0.4, -0.2) is 57.6 Å². The third-order valence-electron chi connectivity index (χ3n) is 4.59. The SMILES string of the molecule is CCOC(=O)C[C@@H]1C(=O)NCCN1C(=O)c1cc2c(=O)n(C)c(=O)n(C)c2s1. The van der Waals surface area contributed by atoms with Gasteiger partial charge in [-0.3, -0.25) is 28.3 Å². The Balaban J connectivity index is 2.00. The Morgan fingerprint density at radius 2 is 1.96 bits per heavy atom. The maximum absolute atomic E-state index is 13.1. The standard InChI is InChI=1S/C17H20N4O6S/c1-4-27-12(22)8-10-13(23)18-5-6-21(10)15(25)11-7-9-14(24)19(2)17(26)20(3)16(9)28-11/h7,10H,4-6,8H2,1-3H3,(H,18,23)/t10-/m1/s1. The van der Waals surface area contributed by atoms with Crippen molar-refractivity contribution >= 4 is 39.3 Å². The van der Waals surface area contributed by atoms with Gasteiger partial charge in [-0.05, 0) is 13.0 Å². The number of ether oxygens (including phenoxy) is 1. The maximum Gasteiger partial charge on any atom is 0.331 e. The van der Waals surface area contributed by atoms with Crippen LogP contribution in [0.4, 0.5) is 0 Å². The van der Waals surface area contributed by atoms with Gasteiger partial charge in [0.05, 0.1) is 23.3 Å². The molecule has 1 atom stereocenters. The lowest BCUT2D eigenvalue weighted by molar-refractivity contribution is -0.147. The lowest BCUT2D eigenvalue weighted by atomic mass is 10.1. The van der Waals surface area contributed by atoms with Gasteiger partial charge >= 0.3 is 11.7 Å². The fourth-order valence-corrected chi connectivity index (χ4v) is 4.21. The van der Waals surface area contributed by atoms with Crippen LogP contribution in [0.3, 0.4) is 0 Å². The van der Waals surface area contributed by atoms with Crippen LogP contribution in [-0.2, 0) is 28.4 Å². The van der Waals surface area contributed by atoms with Crippen molar-refractivity contribution in [1.29, 1.82) is 0 Å². The molecule has 0 spiro atoms. The van der Waals surface area contributed by atoms with E-state index in [1.54, 1.807) is 6.92 Å². The second-order valence-electron chi connectivity index (χ2n) is 6.35. The summed E-state index contributed by atoms with van der Waals surface area (Å²) >= 11 is 1.01. The largest absolute Gasteiger partial charge is 0.466 e. The number of carbonyl (C=O) groups is 3. The van der Waals surface area contributed by atoms with Crippen LogP contribution in [0.5, 0.6) is 0 Å². The zero-order chi connectivity index (χ0) is 20.6. The van der Waals surface area contributed by atoms with Crippen LogP contribution >= 0.6 is 11.3 Å². The van der Waals surface area contributed by atoms with Gasteiger partial charge in [-0.25, -0.2) is 4.79 Å². The Labute approximate surface area is 163 Å². The van der Waals surface area contributed by atoms with Crippen LogP contribution in [0, 0.1) is 0 Å². The van der Waals surface area contributed by atoms with Crippen LogP contribution in [0.1, 0.15) is 23.0 Å². The van der Waals surface area contributed by atoms with Gasteiger partial charge in [-0.2, -0.15) is 0 Å². The number of piperazine rings is 1. The van der Waals surface area contributed by atoms with E-state index in [9.17, 15) is 24.0 Å². The van der Waals surface area contributed by atoms with Gasteiger partial charge in [0.25, 0.3) is 11.5 Å². The number of esters is 1. The highest BCUT2D eigenvalue weighted by Gasteiger charge is 2.36. The molecule has 2 amide bonds. The van der Waals surface area contributed by atoms with Gasteiger partial charge in [0.15, 0.2) is 0 Å². The molecule has 3 rings (SSSR count). The first-order chi connectivity index (χ1) is 13.3. The Morgan fingerprint density at radius 3 is 2.64 bits per heavy atom. The second kappa shape index (κ2) is 7.58. The quantitative estimate of drug-likeness (QED) is 0.661. The molecule has 2 aromatic rings. The highest BCUT2D eigenvalue weighted by molar-refractivity contribution is 7.20. The molecule has 1 fully saturated rings. The number of hydrogen-bond acceptors (Lipinski definition) is 7. The molecule has 150 valence electrons. The normalized spacial score (nSPS) is 16.9. The molecular formula is C17H20N4O6S. The van der Waals surface area contributed by atoms with Crippen molar-refractivity contribution in [1.82, 2.24) is 19.4 Å². The molecule has 10 nitrogen and oxygen atoms in total. The second-order valence-corrected chi connectivity index (χ2v) is 7.38. The van der Waals surface area contributed by atoms with E-state index < -0.39 is 35.1 Å². The average molecular weight is 408 g/mol. The maximum atomic E-state index is 13.1. The molecule has 2 aromatic heterocycles. The van der Waals surface area contributed by atoms with E-state index in [1.165, 1.54) is 29.6 Å². The zero-order valence-corrected chi connectivity index (χ0v) is 16.5. The Morgan fingerprint density at radius 1 is 1.25 bits per heavy atom. The van der Waals surface area contributed by atoms with E-state index in [0.29, 0.717) is 4.83 Å². The van der Waals surface area contributed by atoms with E-state index >= 15 is 0 Å². The first-order valence-corrected chi connectivity index (χ1v) is 9.51. The van der Waals surface area contributed by atoms with Gasteiger partial charge in [0, 0.05) is 27.2 Å². The molecule has 1 N–H and O–H groups in total. The van der Waals surface area contributed by atoms with Crippen molar-refractivity contribution in [2.45, 2.75) is 19.4 Å². The number of carbonyl (C=O) groups excluding carboxylic acids is 3. The van der Waals surface area contributed by atoms with Crippen LogP contribution < -0.4 is 16.6 Å². The predicted molar refractivity (Wildman–Crippen MR) is 101 cm³/mol. The summed E-state index contributed by atoms with van der Waals surface area (Å²) in [5.74, 6) is -1.48. The van der Waals surface area contributed by atoms with E-state index in [2.05, 4.69) is 5.32 Å². The van der Waals surface area contributed by atoms with Gasteiger partial charge in [0.1, 0.15) is 10.9 Å². The monoisotopic (exact) mass is 408 g/mol. The molecule has 1 aliphatic rings. The Hall–Kier alpha value is -2.95. The molecular weight excluding hydrogens is 388 g/mol. The number of nitrogens with one attached hydrogen (secondary N) is 1. The lowest BCUT2D eigenvalue weighted by Gasteiger charge is -2.34. The number of aryl methyl sites for hydroxylation is 1. The molecule has 0 radical (unpaired) electrons. The van der Waals surface area contributed by atoms with Crippen molar-refractivity contribution < 1.29 is 19.1 Å². The fraction of sp³-hybridized carbons (Fsp3) is 0.471. The molecule has 28 heavy (non-hydrogen) atoms. The number of aromatic nitrogens is 2. The first-order valence-electron chi connectivity index (χ1n) is 8.70. The number of fused-ring (bicyclic) bond motifs is 1. The molecule has 0 aromatic carbocycles. The number of thiophene rings is 1. The summed E-state index contributed by atoms with van der Waals surface area (Å²) in [6.45, 7) is 2.31. The first kappa shape index (κ1) is 19.8. The number of amides is 2. The van der Waals surface area contributed by atoms with E-state index in [0.717, 1.165) is 15.9 Å². The summed E-state index contributed by atoms with van der Waals surface area (Å²) in [5, 5.41) is 2.89. The minimum Gasteiger partial charge on any atom is -0.466 e. The van der Waals surface area contributed by atoms with Gasteiger partial charge in [-0.1, -0.05) is 0 Å². The summed E-state index contributed by atoms with van der Waals surface area (Å²) in [4.78, 5) is 63.5. The minimum absolute atomic E-state index is 0.175. The topological polar surface area (TPSA) is 120 Å². The van der Waals surface area contributed by atoms with Crippen LogP contribution in [0.2, 0.25) is 0 Å². The minimum atomic E-state index is -0.989. The highest BCUT2D eigenvalue weighted by atomic mass is 32.1. The molecule has 0 aliphatic carbocycles. The van der Waals surface area contributed by atoms with E-state index in [1.807, 2.05) is 0 Å². The van der Waals surface area contributed by atoms with Crippen molar-refractivity contribution in [3.8, 4) is 0 Å². The van der Waals surface area contributed by atoms with E-state index in [4.69, 9.17) is 4.74 Å². The molecule has 0 unspecified atom stereocenters. The highest BCUT2D eigenvalue weighted by Crippen LogP contribution is 2.25. The van der Waals surface area contributed by atoms with Gasteiger partial charge in [-0.15, -0.1) is 11.3 Å². The third kappa shape index (κ3) is 3.33. The lowest BCUT2D eigenvalue weighted by Crippen LogP contribution is -2.57. The summed E-state index contributed by atoms with van der Waals surface area (Å²) in [5.41, 5.74) is -0.983. The van der Waals surface area contributed by atoms with Crippen LogP contribution in [0.15, 0.2) is 15.7 Å². The van der Waals surface area contributed by atoms with Crippen molar-refractivity contribution in [3.63, 3.8) is 0 Å². The van der Waals surface area contributed by atoms with Crippen molar-refractivity contribution in [2.24, 2.45) is 14.1 Å². The molecule has 0 saturated carbocycles. The van der Waals surface area contributed by atoms with Gasteiger partial charge in [0.2, 0.25) is 5.91 Å². The van der Waals surface area contributed by atoms with Crippen molar-refractivity contribution in [2.75, 3.05) is 19.7 Å². The summed E-state index contributed by atoms with van der Waals surface area (Å²) in [6, 6.07) is 0.440. The van der Waals surface area contributed by atoms with E-state index in [-0.39, 0.29) is 36.4 Å². The Bertz CT molecular complexity index is 1080. The predicted octanol–water partition coefficient (Wildman–Crippen LogP) is -0.807.